The Labute approximate surface area is 400 Å². The van der Waals surface area contributed by atoms with Gasteiger partial charge in [-0.2, -0.15) is 0 Å². The van der Waals surface area contributed by atoms with Crippen LogP contribution in [0.15, 0.2) is 109 Å². The lowest BCUT2D eigenvalue weighted by atomic mass is 10.1. The highest BCUT2D eigenvalue weighted by molar-refractivity contribution is 5.71. The standard InChI is InChI=1S/C59H96O6/c1-4-7-10-13-16-19-22-25-28-29-30-32-34-37-40-43-46-49-52-58(61)64-55-56(54-63-57(60)51-48-45-42-39-36-33-27-24-21-18-15-12-9-6-3)65-59(62)53-50-47-44-41-38-35-31-26-23-20-17-14-11-8-5-2/h9,12,16-23,25-30,32-33,56H,4-8,10-11,13-15,24,31,34-55H2,1-3H3/b12-9-,19-16-,20-17-,21-18-,25-22-,26-23-,29-28-,32-30-,33-27-. The second kappa shape index (κ2) is 52.7. The van der Waals surface area contributed by atoms with Gasteiger partial charge >= 0.3 is 17.9 Å². The first kappa shape index (κ1) is 61.1. The third kappa shape index (κ3) is 50.9. The predicted octanol–water partition coefficient (Wildman–Crippen LogP) is 17.5. The Morgan fingerprint density at radius 2 is 0.662 bits per heavy atom. The van der Waals surface area contributed by atoms with Crippen molar-refractivity contribution >= 4 is 17.9 Å². The van der Waals surface area contributed by atoms with E-state index in [0.717, 1.165) is 128 Å². The zero-order chi connectivity index (χ0) is 47.2. The molecule has 0 aromatic carbocycles. The summed E-state index contributed by atoms with van der Waals surface area (Å²) in [5, 5.41) is 0. The lowest BCUT2D eigenvalue weighted by Crippen LogP contribution is -2.30. The van der Waals surface area contributed by atoms with E-state index in [-0.39, 0.29) is 31.1 Å². The van der Waals surface area contributed by atoms with Crippen LogP contribution in [0, 0.1) is 0 Å². The minimum absolute atomic E-state index is 0.105. The molecule has 65 heavy (non-hydrogen) atoms. The zero-order valence-electron chi connectivity index (χ0n) is 42.0. The van der Waals surface area contributed by atoms with Crippen LogP contribution in [0.1, 0.15) is 226 Å². The van der Waals surface area contributed by atoms with Crippen LogP contribution in [0.5, 0.6) is 0 Å². The molecule has 0 aromatic rings. The van der Waals surface area contributed by atoms with Gasteiger partial charge in [-0.25, -0.2) is 0 Å². The summed E-state index contributed by atoms with van der Waals surface area (Å²) in [5.41, 5.74) is 0. The lowest BCUT2D eigenvalue weighted by Gasteiger charge is -2.18. The van der Waals surface area contributed by atoms with Crippen LogP contribution in [0.4, 0.5) is 0 Å². The molecular weight excluding hydrogens is 805 g/mol. The van der Waals surface area contributed by atoms with Gasteiger partial charge in [-0.05, 0) is 103 Å². The van der Waals surface area contributed by atoms with Crippen molar-refractivity contribution in [3.63, 3.8) is 0 Å². The van der Waals surface area contributed by atoms with Crippen LogP contribution in [-0.4, -0.2) is 37.2 Å². The molecule has 1 unspecified atom stereocenters. The summed E-state index contributed by atoms with van der Waals surface area (Å²) in [5.74, 6) is -0.964. The Bertz CT molecular complexity index is 1360. The van der Waals surface area contributed by atoms with Crippen LogP contribution in [-0.2, 0) is 28.6 Å². The molecule has 0 aromatic heterocycles. The summed E-state index contributed by atoms with van der Waals surface area (Å²) >= 11 is 0. The van der Waals surface area contributed by atoms with Crippen molar-refractivity contribution in [1.29, 1.82) is 0 Å². The molecule has 0 aliphatic rings. The largest absolute Gasteiger partial charge is 0.462 e. The number of unbranched alkanes of at least 4 members (excludes halogenated alkanes) is 21. The van der Waals surface area contributed by atoms with Gasteiger partial charge in [-0.1, -0.05) is 214 Å². The predicted molar refractivity (Wildman–Crippen MR) is 279 cm³/mol. The van der Waals surface area contributed by atoms with Crippen LogP contribution >= 0.6 is 0 Å². The first-order chi connectivity index (χ1) is 32.0. The van der Waals surface area contributed by atoms with Gasteiger partial charge in [0.25, 0.3) is 0 Å². The number of allylic oxidation sites excluding steroid dienone is 18. The number of carbonyl (C=O) groups is 3. The van der Waals surface area contributed by atoms with Gasteiger partial charge in [0.1, 0.15) is 13.2 Å². The van der Waals surface area contributed by atoms with E-state index in [1.54, 1.807) is 0 Å². The van der Waals surface area contributed by atoms with E-state index < -0.39 is 6.10 Å². The fourth-order valence-corrected chi connectivity index (χ4v) is 6.87. The Hall–Kier alpha value is -3.93. The fraction of sp³-hybridized carbons (Fsp3) is 0.644. The van der Waals surface area contributed by atoms with Crippen molar-refractivity contribution in [3.05, 3.63) is 109 Å². The van der Waals surface area contributed by atoms with Crippen molar-refractivity contribution in [3.8, 4) is 0 Å². The average molecular weight is 901 g/mol. The summed E-state index contributed by atoms with van der Waals surface area (Å²) in [7, 11) is 0. The first-order valence-electron chi connectivity index (χ1n) is 26.5. The molecule has 0 saturated carbocycles. The SMILES string of the molecule is CC/C=C\C/C=C\C/C=C\CCCCCCC(=O)OCC(COC(=O)CCCCCCC\C=C/C=C\C=C/C=C\CCCCC)OC(=O)CCCCCCCC/C=C\C=C/CCCCC. The van der Waals surface area contributed by atoms with Gasteiger partial charge in [0.2, 0.25) is 0 Å². The number of rotatable bonds is 46. The van der Waals surface area contributed by atoms with E-state index in [9.17, 15) is 14.4 Å². The number of hydrogen-bond acceptors (Lipinski definition) is 6. The molecule has 0 heterocycles. The number of hydrogen-bond donors (Lipinski definition) is 0. The molecule has 0 amide bonds. The second-order valence-corrected chi connectivity index (χ2v) is 17.2. The van der Waals surface area contributed by atoms with Gasteiger partial charge < -0.3 is 14.2 Å². The quantitative estimate of drug-likeness (QED) is 0.0199. The van der Waals surface area contributed by atoms with Crippen LogP contribution in [0.2, 0.25) is 0 Å². The molecule has 0 aliphatic heterocycles. The molecule has 0 bridgehead atoms. The fourth-order valence-electron chi connectivity index (χ4n) is 6.87. The topological polar surface area (TPSA) is 78.9 Å². The summed E-state index contributed by atoms with van der Waals surface area (Å²) in [6.07, 6.45) is 70.6. The molecule has 0 N–H and O–H groups in total. The maximum absolute atomic E-state index is 12.8. The van der Waals surface area contributed by atoms with E-state index in [4.69, 9.17) is 14.2 Å². The van der Waals surface area contributed by atoms with Gasteiger partial charge in [0.15, 0.2) is 6.10 Å². The molecule has 0 radical (unpaired) electrons. The minimum Gasteiger partial charge on any atom is -0.462 e. The maximum atomic E-state index is 12.8. The molecule has 0 saturated heterocycles. The van der Waals surface area contributed by atoms with Gasteiger partial charge in [0.05, 0.1) is 0 Å². The molecule has 6 heteroatoms. The molecule has 1 atom stereocenters. The van der Waals surface area contributed by atoms with Gasteiger partial charge in [0, 0.05) is 19.3 Å². The Morgan fingerprint density at radius 3 is 1.09 bits per heavy atom. The minimum atomic E-state index is -0.805. The normalized spacial score (nSPS) is 13.0. The summed E-state index contributed by atoms with van der Waals surface area (Å²) < 4.78 is 16.8. The molecule has 0 spiro atoms. The third-order valence-electron chi connectivity index (χ3n) is 10.9. The van der Waals surface area contributed by atoms with Crippen LogP contribution < -0.4 is 0 Å². The average Bonchev–Trinajstić information content (AvgIpc) is 3.30. The van der Waals surface area contributed by atoms with Crippen molar-refractivity contribution < 1.29 is 28.6 Å². The summed E-state index contributed by atoms with van der Waals surface area (Å²) in [4.78, 5) is 38.0. The number of carbonyl (C=O) groups excluding carboxylic acids is 3. The van der Waals surface area contributed by atoms with E-state index in [1.807, 2.05) is 0 Å². The molecule has 368 valence electrons. The van der Waals surface area contributed by atoms with E-state index in [1.165, 1.54) is 57.8 Å². The molecule has 0 rings (SSSR count). The smallest absolute Gasteiger partial charge is 0.306 e. The molecule has 0 fully saturated rings. The highest BCUT2D eigenvalue weighted by Crippen LogP contribution is 2.13. The van der Waals surface area contributed by atoms with Crippen molar-refractivity contribution in [2.75, 3.05) is 13.2 Å². The van der Waals surface area contributed by atoms with Crippen molar-refractivity contribution in [2.45, 2.75) is 232 Å². The van der Waals surface area contributed by atoms with E-state index in [2.05, 4.69) is 130 Å². The van der Waals surface area contributed by atoms with Crippen molar-refractivity contribution in [2.24, 2.45) is 0 Å². The number of ether oxygens (including phenoxy) is 3. The molecular formula is C59H96O6. The molecule has 6 nitrogen and oxygen atoms in total. The summed E-state index contributed by atoms with van der Waals surface area (Å²) in [6, 6.07) is 0. The van der Waals surface area contributed by atoms with E-state index >= 15 is 0 Å². The van der Waals surface area contributed by atoms with Crippen LogP contribution in [0.3, 0.4) is 0 Å². The number of esters is 3. The van der Waals surface area contributed by atoms with E-state index in [0.29, 0.717) is 19.3 Å². The summed E-state index contributed by atoms with van der Waals surface area (Å²) in [6.45, 7) is 6.40. The zero-order valence-corrected chi connectivity index (χ0v) is 42.0. The van der Waals surface area contributed by atoms with Gasteiger partial charge in [-0.15, -0.1) is 0 Å². The highest BCUT2D eigenvalue weighted by atomic mass is 16.6. The Morgan fingerprint density at radius 1 is 0.338 bits per heavy atom. The second-order valence-electron chi connectivity index (χ2n) is 17.2. The highest BCUT2D eigenvalue weighted by Gasteiger charge is 2.19. The molecule has 0 aliphatic carbocycles. The maximum Gasteiger partial charge on any atom is 0.306 e. The lowest BCUT2D eigenvalue weighted by molar-refractivity contribution is -0.167. The first-order valence-corrected chi connectivity index (χ1v) is 26.5. The third-order valence-corrected chi connectivity index (χ3v) is 10.9. The van der Waals surface area contributed by atoms with Crippen molar-refractivity contribution in [1.82, 2.24) is 0 Å². The Kier molecular flexibility index (Phi) is 49.5. The Balaban J connectivity index is 4.51. The van der Waals surface area contributed by atoms with Gasteiger partial charge in [-0.3, -0.25) is 14.4 Å². The van der Waals surface area contributed by atoms with Crippen LogP contribution in [0.25, 0.3) is 0 Å². The monoisotopic (exact) mass is 901 g/mol.